The molecule has 1 aromatic rings. The zero-order valence-corrected chi connectivity index (χ0v) is 6.36. The summed E-state index contributed by atoms with van der Waals surface area (Å²) in [5, 5.41) is -0.105. The number of rotatable bonds is 2. The first-order chi connectivity index (χ1) is 5.59. The molecule has 1 aromatic heterocycles. The Morgan fingerprint density at radius 2 is 2.17 bits per heavy atom. The van der Waals surface area contributed by atoms with Gasteiger partial charge in [0.15, 0.2) is 11.6 Å². The number of pyridine rings is 1. The van der Waals surface area contributed by atoms with Crippen LogP contribution in [0.4, 0.5) is 13.2 Å². The van der Waals surface area contributed by atoms with Gasteiger partial charge in [-0.05, 0) is 0 Å². The molecule has 0 saturated carbocycles. The zero-order valence-electron chi connectivity index (χ0n) is 5.60. The highest BCUT2D eigenvalue weighted by molar-refractivity contribution is 6.29. The number of nitrogens with zero attached hydrogens (tertiary/aromatic N) is 1. The van der Waals surface area contributed by atoms with Crippen molar-refractivity contribution in [1.82, 2.24) is 4.98 Å². The fraction of sp³-hybridized carbons (Fsp3) is 0.167. The molecule has 6 heteroatoms. The number of hydrogen-bond donors (Lipinski definition) is 0. The first-order valence-electron chi connectivity index (χ1n) is 2.85. The molecule has 1 rings (SSSR count). The van der Waals surface area contributed by atoms with Gasteiger partial charge in [0.25, 0.3) is 0 Å². The van der Waals surface area contributed by atoms with Crippen LogP contribution in [-0.4, -0.2) is 11.6 Å². The zero-order chi connectivity index (χ0) is 9.14. The maximum atomic E-state index is 12.6. The molecule has 0 aliphatic rings. The van der Waals surface area contributed by atoms with E-state index in [1.807, 2.05) is 0 Å². The molecule has 0 atom stereocenters. The van der Waals surface area contributed by atoms with Gasteiger partial charge in [-0.3, -0.25) is 0 Å². The highest BCUT2D eigenvalue weighted by atomic mass is 35.5. The van der Waals surface area contributed by atoms with Gasteiger partial charge in [-0.15, -0.1) is 0 Å². The predicted molar refractivity (Wildman–Crippen MR) is 35.8 cm³/mol. The van der Waals surface area contributed by atoms with Crippen molar-refractivity contribution in [2.24, 2.45) is 0 Å². The highest BCUT2D eigenvalue weighted by Gasteiger charge is 2.10. The molecule has 0 saturated heterocycles. The van der Waals surface area contributed by atoms with Crippen molar-refractivity contribution < 1.29 is 17.9 Å². The van der Waals surface area contributed by atoms with E-state index in [2.05, 4.69) is 9.72 Å². The molecule has 66 valence electrons. The van der Waals surface area contributed by atoms with Crippen LogP contribution in [-0.2, 0) is 0 Å². The average Bonchev–Trinajstić information content (AvgIpc) is 1.96. The lowest BCUT2D eigenvalue weighted by molar-refractivity contribution is -0.0522. The normalized spacial score (nSPS) is 10.4. The first kappa shape index (κ1) is 9.12. The number of halogens is 4. The Bertz CT molecular complexity index is 281. The van der Waals surface area contributed by atoms with Crippen molar-refractivity contribution in [1.29, 1.82) is 0 Å². The molecule has 0 aliphatic carbocycles. The smallest absolute Gasteiger partial charge is 0.387 e. The van der Waals surface area contributed by atoms with E-state index in [0.717, 1.165) is 6.07 Å². The summed E-state index contributed by atoms with van der Waals surface area (Å²) in [6.07, 6.45) is 0.708. The summed E-state index contributed by atoms with van der Waals surface area (Å²) >= 11 is 5.30. The van der Waals surface area contributed by atoms with Crippen LogP contribution in [0.1, 0.15) is 0 Å². The van der Waals surface area contributed by atoms with Gasteiger partial charge in [0.1, 0.15) is 5.15 Å². The number of ether oxygens (including phenoxy) is 1. The molecule has 12 heavy (non-hydrogen) atoms. The van der Waals surface area contributed by atoms with Gasteiger partial charge in [-0.2, -0.15) is 8.78 Å². The SMILES string of the molecule is Fc1cnc(Cl)cc1OC(F)F. The van der Waals surface area contributed by atoms with Crippen LogP contribution in [0.15, 0.2) is 12.3 Å². The van der Waals surface area contributed by atoms with Gasteiger partial charge in [0.2, 0.25) is 0 Å². The van der Waals surface area contributed by atoms with Gasteiger partial charge in [-0.1, -0.05) is 11.6 Å². The summed E-state index contributed by atoms with van der Waals surface area (Å²) in [5.41, 5.74) is 0. The molecule has 1 heterocycles. The molecule has 0 aromatic carbocycles. The van der Waals surface area contributed by atoms with Crippen molar-refractivity contribution in [3.63, 3.8) is 0 Å². The Morgan fingerprint density at radius 3 is 2.75 bits per heavy atom. The standard InChI is InChI=1S/C6H3ClF3NO/c7-5-1-4(12-6(9)10)3(8)2-11-5/h1-2,6H. The van der Waals surface area contributed by atoms with E-state index < -0.39 is 18.2 Å². The van der Waals surface area contributed by atoms with E-state index >= 15 is 0 Å². The summed E-state index contributed by atoms with van der Waals surface area (Å²) in [5.74, 6) is -1.58. The Kier molecular flexibility index (Phi) is 2.75. The molecule has 0 unspecified atom stereocenters. The lowest BCUT2D eigenvalue weighted by Crippen LogP contribution is -2.03. The third kappa shape index (κ3) is 2.27. The molecule has 0 fully saturated rings. The van der Waals surface area contributed by atoms with Gasteiger partial charge in [0.05, 0.1) is 6.20 Å². The van der Waals surface area contributed by atoms with Crippen LogP contribution < -0.4 is 4.74 Å². The van der Waals surface area contributed by atoms with Crippen LogP contribution in [0.3, 0.4) is 0 Å². The van der Waals surface area contributed by atoms with Crippen molar-refractivity contribution in [3.8, 4) is 5.75 Å². The third-order valence-corrected chi connectivity index (χ3v) is 1.21. The summed E-state index contributed by atoms with van der Waals surface area (Å²) in [6.45, 7) is -3.07. The Labute approximate surface area is 70.9 Å². The monoisotopic (exact) mass is 197 g/mol. The van der Waals surface area contributed by atoms with Crippen LogP contribution >= 0.6 is 11.6 Å². The van der Waals surface area contributed by atoms with Crippen molar-refractivity contribution >= 4 is 11.6 Å². The fourth-order valence-corrected chi connectivity index (χ4v) is 0.731. The van der Waals surface area contributed by atoms with E-state index in [4.69, 9.17) is 11.6 Å². The maximum absolute atomic E-state index is 12.6. The Hall–Kier alpha value is -0.970. The summed E-state index contributed by atoms with van der Waals surface area (Å²) in [4.78, 5) is 3.31. The molecule has 0 radical (unpaired) electrons. The minimum Gasteiger partial charge on any atom is -0.432 e. The van der Waals surface area contributed by atoms with E-state index in [1.165, 1.54) is 0 Å². The summed E-state index contributed by atoms with van der Waals surface area (Å²) < 4.78 is 39.5. The minimum atomic E-state index is -3.07. The van der Waals surface area contributed by atoms with E-state index in [1.54, 1.807) is 0 Å². The number of hydrogen-bond acceptors (Lipinski definition) is 2. The van der Waals surface area contributed by atoms with E-state index in [-0.39, 0.29) is 5.15 Å². The topological polar surface area (TPSA) is 22.1 Å². The molecular formula is C6H3ClF3NO. The lowest BCUT2D eigenvalue weighted by atomic mass is 10.4. The molecular weight excluding hydrogens is 195 g/mol. The Morgan fingerprint density at radius 1 is 1.50 bits per heavy atom. The van der Waals surface area contributed by atoms with Crippen LogP contribution in [0.25, 0.3) is 0 Å². The van der Waals surface area contributed by atoms with Gasteiger partial charge < -0.3 is 4.74 Å². The maximum Gasteiger partial charge on any atom is 0.387 e. The number of aromatic nitrogens is 1. The van der Waals surface area contributed by atoms with Gasteiger partial charge in [-0.25, -0.2) is 9.37 Å². The lowest BCUT2D eigenvalue weighted by Gasteiger charge is -2.04. The third-order valence-electron chi connectivity index (χ3n) is 1.00. The summed E-state index contributed by atoms with van der Waals surface area (Å²) in [6, 6.07) is 0.878. The van der Waals surface area contributed by atoms with Crippen LogP contribution in [0, 0.1) is 5.82 Å². The molecule has 0 amide bonds. The molecule has 0 spiro atoms. The Balaban J connectivity index is 2.90. The fourth-order valence-electron chi connectivity index (χ4n) is 0.583. The van der Waals surface area contributed by atoms with Crippen molar-refractivity contribution in [3.05, 3.63) is 23.2 Å². The van der Waals surface area contributed by atoms with Gasteiger partial charge >= 0.3 is 6.61 Å². The number of alkyl halides is 2. The first-order valence-corrected chi connectivity index (χ1v) is 3.23. The molecule has 2 nitrogen and oxygen atoms in total. The largest absolute Gasteiger partial charge is 0.432 e. The summed E-state index contributed by atoms with van der Waals surface area (Å²) in [7, 11) is 0. The second-order valence-electron chi connectivity index (χ2n) is 1.82. The molecule has 0 aliphatic heterocycles. The van der Waals surface area contributed by atoms with Gasteiger partial charge in [0, 0.05) is 6.07 Å². The van der Waals surface area contributed by atoms with Crippen LogP contribution in [0.5, 0.6) is 5.75 Å². The molecule has 0 N–H and O–H groups in total. The van der Waals surface area contributed by atoms with Crippen molar-refractivity contribution in [2.45, 2.75) is 6.61 Å². The average molecular weight is 198 g/mol. The quantitative estimate of drug-likeness (QED) is 0.680. The molecule has 0 bridgehead atoms. The van der Waals surface area contributed by atoms with Crippen molar-refractivity contribution in [2.75, 3.05) is 0 Å². The highest BCUT2D eigenvalue weighted by Crippen LogP contribution is 2.21. The second-order valence-corrected chi connectivity index (χ2v) is 2.20. The second kappa shape index (κ2) is 3.62. The van der Waals surface area contributed by atoms with E-state index in [0.29, 0.717) is 6.20 Å². The van der Waals surface area contributed by atoms with Crippen LogP contribution in [0.2, 0.25) is 5.15 Å². The minimum absolute atomic E-state index is 0.105. The predicted octanol–water partition coefficient (Wildman–Crippen LogP) is 2.48. The van der Waals surface area contributed by atoms with E-state index in [9.17, 15) is 13.2 Å².